The third-order valence-corrected chi connectivity index (χ3v) is 3.39. The third kappa shape index (κ3) is 2.97. The molecule has 1 amide bonds. The van der Waals surface area contributed by atoms with Crippen molar-refractivity contribution in [3.05, 3.63) is 65.5 Å². The first-order chi connectivity index (χ1) is 10.2. The topological polar surface area (TPSA) is 72.7 Å². The summed E-state index contributed by atoms with van der Waals surface area (Å²) in [6, 6.07) is 7.09. The molecule has 21 heavy (non-hydrogen) atoms. The highest BCUT2D eigenvalue weighted by molar-refractivity contribution is 9.10. The molecule has 0 fully saturated rings. The van der Waals surface area contributed by atoms with Crippen LogP contribution in [0.1, 0.15) is 10.5 Å². The van der Waals surface area contributed by atoms with Crippen LogP contribution in [0.5, 0.6) is 0 Å². The summed E-state index contributed by atoms with van der Waals surface area (Å²) in [5.74, 6) is 0.434. The van der Waals surface area contributed by atoms with Crippen molar-refractivity contribution in [2.24, 2.45) is 0 Å². The number of rotatable bonds is 3. The monoisotopic (exact) mass is 343 g/mol. The minimum absolute atomic E-state index is 0.292. The number of nitrogens with zero attached hydrogens (tertiary/aromatic N) is 4. The molecule has 0 atom stereocenters. The van der Waals surface area contributed by atoms with Crippen LogP contribution >= 0.6 is 15.9 Å². The van der Waals surface area contributed by atoms with Crippen LogP contribution in [-0.2, 0) is 0 Å². The minimum atomic E-state index is -0.292. The Kier molecular flexibility index (Phi) is 3.74. The first kappa shape index (κ1) is 13.4. The van der Waals surface area contributed by atoms with Gasteiger partial charge in [0.15, 0.2) is 0 Å². The van der Waals surface area contributed by atoms with Crippen LogP contribution < -0.4 is 5.32 Å². The van der Waals surface area contributed by atoms with Gasteiger partial charge >= 0.3 is 0 Å². The van der Waals surface area contributed by atoms with Crippen LogP contribution in [0, 0.1) is 0 Å². The summed E-state index contributed by atoms with van der Waals surface area (Å²) in [6.45, 7) is 0. The Morgan fingerprint density at radius 2 is 2.10 bits per heavy atom. The SMILES string of the molecule is O=C(Nc1ccc(-n2ccnc2)nc1)c1ncccc1Br. The zero-order chi connectivity index (χ0) is 14.7. The molecule has 0 saturated heterocycles. The van der Waals surface area contributed by atoms with Crippen LogP contribution in [0.25, 0.3) is 5.82 Å². The molecule has 0 spiro atoms. The first-order valence-corrected chi connectivity index (χ1v) is 6.89. The van der Waals surface area contributed by atoms with Crippen molar-refractivity contribution in [1.82, 2.24) is 19.5 Å². The van der Waals surface area contributed by atoms with E-state index >= 15 is 0 Å². The highest BCUT2D eigenvalue weighted by Crippen LogP contribution is 2.16. The smallest absolute Gasteiger partial charge is 0.275 e. The predicted octanol–water partition coefficient (Wildman–Crippen LogP) is 2.68. The number of hydrogen-bond donors (Lipinski definition) is 1. The Hall–Kier alpha value is -2.54. The second-order valence-corrected chi connectivity index (χ2v) is 5.02. The van der Waals surface area contributed by atoms with Gasteiger partial charge in [0.25, 0.3) is 5.91 Å². The summed E-state index contributed by atoms with van der Waals surface area (Å²) in [5, 5.41) is 2.75. The van der Waals surface area contributed by atoms with Crippen LogP contribution in [0.3, 0.4) is 0 Å². The van der Waals surface area contributed by atoms with E-state index in [0.29, 0.717) is 15.9 Å². The maximum Gasteiger partial charge on any atom is 0.275 e. The van der Waals surface area contributed by atoms with Crippen molar-refractivity contribution < 1.29 is 4.79 Å². The van der Waals surface area contributed by atoms with E-state index in [2.05, 4.69) is 36.2 Å². The molecule has 0 aliphatic carbocycles. The zero-order valence-electron chi connectivity index (χ0n) is 10.8. The van der Waals surface area contributed by atoms with Gasteiger partial charge in [-0.1, -0.05) is 0 Å². The lowest BCUT2D eigenvalue weighted by atomic mass is 10.3. The molecule has 0 bridgehead atoms. The highest BCUT2D eigenvalue weighted by Gasteiger charge is 2.11. The molecular weight excluding hydrogens is 334 g/mol. The molecule has 104 valence electrons. The number of nitrogens with one attached hydrogen (secondary N) is 1. The summed E-state index contributed by atoms with van der Waals surface area (Å²) >= 11 is 3.30. The lowest BCUT2D eigenvalue weighted by Gasteiger charge is -2.06. The number of anilines is 1. The van der Waals surface area contributed by atoms with Crippen molar-refractivity contribution in [2.75, 3.05) is 5.32 Å². The van der Waals surface area contributed by atoms with Gasteiger partial charge in [0.1, 0.15) is 17.8 Å². The number of aromatic nitrogens is 4. The third-order valence-electron chi connectivity index (χ3n) is 2.75. The maximum absolute atomic E-state index is 12.1. The molecule has 0 aliphatic heterocycles. The largest absolute Gasteiger partial charge is 0.319 e. The molecule has 3 aromatic heterocycles. The van der Waals surface area contributed by atoms with Crippen molar-refractivity contribution >= 4 is 27.5 Å². The van der Waals surface area contributed by atoms with Crippen LogP contribution in [0.4, 0.5) is 5.69 Å². The molecule has 0 unspecified atom stereocenters. The normalized spacial score (nSPS) is 10.3. The summed E-state index contributed by atoms with van der Waals surface area (Å²) in [6.07, 6.45) is 8.29. The number of carbonyl (C=O) groups is 1. The number of pyridine rings is 2. The Bertz CT molecular complexity index is 755. The van der Waals surface area contributed by atoms with Gasteiger partial charge < -0.3 is 5.32 Å². The lowest BCUT2D eigenvalue weighted by Crippen LogP contribution is -2.14. The van der Waals surface area contributed by atoms with E-state index in [1.54, 1.807) is 59.9 Å². The summed E-state index contributed by atoms with van der Waals surface area (Å²) in [5.41, 5.74) is 0.928. The fourth-order valence-corrected chi connectivity index (χ4v) is 2.19. The first-order valence-electron chi connectivity index (χ1n) is 6.10. The zero-order valence-corrected chi connectivity index (χ0v) is 12.4. The number of hydrogen-bond acceptors (Lipinski definition) is 4. The van der Waals surface area contributed by atoms with Crippen molar-refractivity contribution in [2.45, 2.75) is 0 Å². The van der Waals surface area contributed by atoms with E-state index in [-0.39, 0.29) is 5.91 Å². The van der Waals surface area contributed by atoms with Gasteiger partial charge in [0.05, 0.1) is 11.9 Å². The average molecular weight is 344 g/mol. The summed E-state index contributed by atoms with van der Waals surface area (Å²) in [7, 11) is 0. The Morgan fingerprint density at radius 1 is 1.19 bits per heavy atom. The second-order valence-electron chi connectivity index (χ2n) is 4.16. The van der Waals surface area contributed by atoms with Crippen molar-refractivity contribution in [1.29, 1.82) is 0 Å². The maximum atomic E-state index is 12.1. The van der Waals surface area contributed by atoms with Crippen LogP contribution in [0.15, 0.2) is 59.9 Å². The average Bonchev–Trinajstić information content (AvgIpc) is 3.02. The van der Waals surface area contributed by atoms with Gasteiger partial charge in [0, 0.05) is 23.1 Å². The Labute approximate surface area is 129 Å². The van der Waals surface area contributed by atoms with E-state index in [0.717, 1.165) is 5.82 Å². The molecule has 0 aliphatic rings. The van der Waals surface area contributed by atoms with Gasteiger partial charge in [-0.25, -0.2) is 15.0 Å². The molecule has 0 saturated carbocycles. The molecule has 3 aromatic rings. The second kappa shape index (κ2) is 5.84. The van der Waals surface area contributed by atoms with E-state index in [1.165, 1.54) is 0 Å². The fourth-order valence-electron chi connectivity index (χ4n) is 1.75. The highest BCUT2D eigenvalue weighted by atomic mass is 79.9. The molecule has 3 heterocycles. The molecule has 7 heteroatoms. The lowest BCUT2D eigenvalue weighted by molar-refractivity contribution is 0.102. The van der Waals surface area contributed by atoms with Crippen LogP contribution in [0.2, 0.25) is 0 Å². The molecule has 0 aromatic carbocycles. The molecular formula is C14H10BrN5O. The van der Waals surface area contributed by atoms with Gasteiger partial charge in [0.2, 0.25) is 0 Å². The Balaban J connectivity index is 1.77. The quantitative estimate of drug-likeness (QED) is 0.793. The van der Waals surface area contributed by atoms with Gasteiger partial charge in [-0.3, -0.25) is 9.36 Å². The number of halogens is 1. The number of carbonyl (C=O) groups excluding carboxylic acids is 1. The molecule has 0 radical (unpaired) electrons. The van der Waals surface area contributed by atoms with Crippen LogP contribution in [-0.4, -0.2) is 25.4 Å². The van der Waals surface area contributed by atoms with Crippen molar-refractivity contribution in [3.8, 4) is 5.82 Å². The number of imidazole rings is 1. The van der Waals surface area contributed by atoms with E-state index < -0.39 is 0 Å². The van der Waals surface area contributed by atoms with Gasteiger partial charge in [-0.2, -0.15) is 0 Å². The summed E-state index contributed by atoms with van der Waals surface area (Å²) < 4.78 is 2.42. The molecule has 6 nitrogen and oxygen atoms in total. The Morgan fingerprint density at radius 3 is 2.76 bits per heavy atom. The predicted molar refractivity (Wildman–Crippen MR) is 81.2 cm³/mol. The summed E-state index contributed by atoms with van der Waals surface area (Å²) in [4.78, 5) is 24.4. The van der Waals surface area contributed by atoms with Gasteiger partial charge in [-0.15, -0.1) is 0 Å². The van der Waals surface area contributed by atoms with E-state index in [1.807, 2.05) is 0 Å². The fraction of sp³-hybridized carbons (Fsp3) is 0. The molecule has 1 N–H and O–H groups in total. The van der Waals surface area contributed by atoms with E-state index in [9.17, 15) is 4.79 Å². The minimum Gasteiger partial charge on any atom is -0.319 e. The van der Waals surface area contributed by atoms with Gasteiger partial charge in [-0.05, 0) is 40.2 Å². The number of amides is 1. The standard InChI is InChI=1S/C14H10BrN5O/c15-11-2-1-5-17-13(11)14(21)19-10-3-4-12(18-8-10)20-7-6-16-9-20/h1-9H,(H,19,21). The molecule has 3 rings (SSSR count). The van der Waals surface area contributed by atoms with Crippen molar-refractivity contribution in [3.63, 3.8) is 0 Å². The van der Waals surface area contributed by atoms with E-state index in [4.69, 9.17) is 0 Å².